The maximum Gasteiger partial charge on any atom is 0.313 e. The summed E-state index contributed by atoms with van der Waals surface area (Å²) in [7, 11) is 0. The molecule has 2 aromatic heterocycles. The highest BCUT2D eigenvalue weighted by Crippen LogP contribution is 2.45. The summed E-state index contributed by atoms with van der Waals surface area (Å²) in [5.41, 5.74) is 6.90. The molecule has 0 spiro atoms. The molecule has 3 N–H and O–H groups in total. The zero-order chi connectivity index (χ0) is 22.8. The van der Waals surface area contributed by atoms with Gasteiger partial charge in [0.15, 0.2) is 0 Å². The zero-order valence-corrected chi connectivity index (χ0v) is 18.3. The van der Waals surface area contributed by atoms with Crippen molar-refractivity contribution in [1.82, 2.24) is 15.2 Å². The highest BCUT2D eigenvalue weighted by Gasteiger charge is 2.43. The predicted molar refractivity (Wildman–Crippen MR) is 122 cm³/mol. The Balaban J connectivity index is 1.60. The van der Waals surface area contributed by atoms with Crippen LogP contribution in [-0.2, 0) is 12.2 Å². The van der Waals surface area contributed by atoms with E-state index in [4.69, 9.17) is 14.9 Å². The van der Waals surface area contributed by atoms with E-state index in [2.05, 4.69) is 15.2 Å². The number of hydrogen-bond acceptors (Lipinski definition) is 7. The number of aromatic nitrogens is 3. The molecule has 0 bridgehead atoms. The molecule has 164 valence electrons. The van der Waals surface area contributed by atoms with Crippen LogP contribution in [0, 0.1) is 5.41 Å². The van der Waals surface area contributed by atoms with Crippen molar-refractivity contribution in [2.45, 2.75) is 33.0 Å². The second kappa shape index (κ2) is 8.43. The number of hydrogen-bond donors (Lipinski definition) is 2. The highest BCUT2D eigenvalue weighted by atomic mass is 16.5. The average Bonchev–Trinajstić information content (AvgIpc) is 3.24. The van der Waals surface area contributed by atoms with Gasteiger partial charge in [-0.05, 0) is 52.9 Å². The van der Waals surface area contributed by atoms with E-state index in [0.717, 1.165) is 22.4 Å². The van der Waals surface area contributed by atoms with Crippen LogP contribution in [0.1, 0.15) is 37.6 Å². The van der Waals surface area contributed by atoms with Gasteiger partial charge in [0.25, 0.3) is 0 Å². The quantitative estimate of drug-likeness (QED) is 0.461. The van der Waals surface area contributed by atoms with Gasteiger partial charge in [0.1, 0.15) is 18.0 Å². The van der Waals surface area contributed by atoms with E-state index in [9.17, 15) is 5.11 Å². The molecule has 32 heavy (non-hydrogen) atoms. The van der Waals surface area contributed by atoms with Gasteiger partial charge in [0.05, 0.1) is 5.69 Å². The highest BCUT2D eigenvalue weighted by molar-refractivity contribution is 5.55. The molecular formula is C25H26N4O3. The number of pyridine rings is 1. The van der Waals surface area contributed by atoms with E-state index in [0.29, 0.717) is 18.2 Å². The number of benzene rings is 2. The van der Waals surface area contributed by atoms with E-state index < -0.39 is 11.0 Å². The van der Waals surface area contributed by atoms with E-state index in [1.54, 1.807) is 6.20 Å². The summed E-state index contributed by atoms with van der Waals surface area (Å²) in [6.07, 6.45) is 1.74. The lowest BCUT2D eigenvalue weighted by Crippen LogP contribution is -2.41. The normalized spacial score (nSPS) is 13.5. The standard InChI is InChI=1S/C25H26N4O3/c1-24(2,3)25(30,18-9-7-17(8-10-18)22-28-29-23(26)32-22)19-11-13-21(14-12-19)31-16-20-6-4-5-15-27-20/h4-15,30H,16H2,1-3H3,(H2,26,29). The minimum absolute atomic E-state index is 0.0145. The lowest BCUT2D eigenvalue weighted by molar-refractivity contribution is -0.0259. The van der Waals surface area contributed by atoms with Gasteiger partial charge in [-0.1, -0.05) is 56.2 Å². The third-order valence-electron chi connectivity index (χ3n) is 5.46. The minimum Gasteiger partial charge on any atom is -0.487 e. The van der Waals surface area contributed by atoms with Crippen molar-refractivity contribution in [3.8, 4) is 17.2 Å². The summed E-state index contributed by atoms with van der Waals surface area (Å²) >= 11 is 0. The van der Waals surface area contributed by atoms with Crippen LogP contribution in [0.25, 0.3) is 11.5 Å². The summed E-state index contributed by atoms with van der Waals surface area (Å²) in [5, 5.41) is 19.5. The third-order valence-corrected chi connectivity index (χ3v) is 5.46. The first-order chi connectivity index (χ1) is 15.3. The first-order valence-corrected chi connectivity index (χ1v) is 10.3. The van der Waals surface area contributed by atoms with Gasteiger partial charge in [-0.25, -0.2) is 0 Å². The van der Waals surface area contributed by atoms with Crippen molar-refractivity contribution in [3.63, 3.8) is 0 Å². The molecule has 0 amide bonds. The zero-order valence-electron chi connectivity index (χ0n) is 18.3. The fraction of sp³-hybridized carbons (Fsp3) is 0.240. The van der Waals surface area contributed by atoms with Crippen molar-refractivity contribution in [3.05, 3.63) is 89.7 Å². The Morgan fingerprint density at radius 2 is 1.56 bits per heavy atom. The molecule has 4 rings (SSSR count). The third kappa shape index (κ3) is 4.20. The fourth-order valence-electron chi connectivity index (χ4n) is 3.67. The van der Waals surface area contributed by atoms with Crippen molar-refractivity contribution in [2.75, 3.05) is 5.73 Å². The van der Waals surface area contributed by atoms with Crippen LogP contribution in [0.2, 0.25) is 0 Å². The van der Waals surface area contributed by atoms with Gasteiger partial charge in [-0.2, -0.15) is 0 Å². The number of nitrogen functional groups attached to an aromatic ring is 1. The molecule has 7 nitrogen and oxygen atoms in total. The predicted octanol–water partition coefficient (Wildman–Crippen LogP) is 4.57. The molecule has 2 aromatic carbocycles. The monoisotopic (exact) mass is 430 g/mol. The topological polar surface area (TPSA) is 107 Å². The number of aliphatic hydroxyl groups is 1. The Bertz CT molecular complexity index is 1170. The second-order valence-electron chi connectivity index (χ2n) is 8.62. The maximum atomic E-state index is 11.9. The Morgan fingerprint density at radius 3 is 2.09 bits per heavy atom. The van der Waals surface area contributed by atoms with Gasteiger partial charge in [-0.3, -0.25) is 4.98 Å². The average molecular weight is 431 g/mol. The van der Waals surface area contributed by atoms with Crippen LogP contribution >= 0.6 is 0 Å². The molecule has 2 heterocycles. The molecule has 4 aromatic rings. The summed E-state index contributed by atoms with van der Waals surface area (Å²) in [6.45, 7) is 6.40. The SMILES string of the molecule is CC(C)(C)C(O)(c1ccc(OCc2ccccn2)cc1)c1ccc(-c2nnc(N)o2)cc1. The van der Waals surface area contributed by atoms with Gasteiger partial charge in [0.2, 0.25) is 5.89 Å². The largest absolute Gasteiger partial charge is 0.487 e. The van der Waals surface area contributed by atoms with Crippen molar-refractivity contribution in [1.29, 1.82) is 0 Å². The number of nitrogens with zero attached hydrogens (tertiary/aromatic N) is 3. The molecule has 7 heteroatoms. The first kappa shape index (κ1) is 21.5. The van der Waals surface area contributed by atoms with Crippen molar-refractivity contribution >= 4 is 6.01 Å². The van der Waals surface area contributed by atoms with Gasteiger partial charge < -0.3 is 20.0 Å². The smallest absolute Gasteiger partial charge is 0.313 e. The summed E-state index contributed by atoms with van der Waals surface area (Å²) < 4.78 is 11.1. The molecule has 0 saturated carbocycles. The van der Waals surface area contributed by atoms with Crippen LogP contribution in [0.5, 0.6) is 5.75 Å². The van der Waals surface area contributed by atoms with Crippen LogP contribution in [0.4, 0.5) is 6.01 Å². The van der Waals surface area contributed by atoms with Crippen LogP contribution in [0.15, 0.2) is 77.3 Å². The lowest BCUT2D eigenvalue weighted by atomic mass is 9.68. The Kier molecular flexibility index (Phi) is 5.67. The van der Waals surface area contributed by atoms with E-state index in [1.807, 2.05) is 87.5 Å². The molecule has 1 unspecified atom stereocenters. The van der Waals surface area contributed by atoms with E-state index in [1.165, 1.54) is 0 Å². The molecule has 0 saturated heterocycles. The Morgan fingerprint density at radius 1 is 0.906 bits per heavy atom. The molecular weight excluding hydrogens is 404 g/mol. The van der Waals surface area contributed by atoms with E-state index >= 15 is 0 Å². The number of anilines is 1. The lowest BCUT2D eigenvalue weighted by Gasteiger charge is -2.41. The van der Waals surface area contributed by atoms with E-state index in [-0.39, 0.29) is 6.01 Å². The molecule has 0 aliphatic rings. The molecule has 0 radical (unpaired) electrons. The summed E-state index contributed by atoms with van der Waals surface area (Å²) in [6, 6.07) is 20.7. The molecule has 0 aliphatic heterocycles. The summed E-state index contributed by atoms with van der Waals surface area (Å²) in [4.78, 5) is 4.27. The Labute approximate surface area is 186 Å². The number of nitrogens with two attached hydrogens (primary N) is 1. The molecule has 1 atom stereocenters. The Hall–Kier alpha value is -3.71. The fourth-order valence-corrected chi connectivity index (χ4v) is 3.67. The van der Waals surface area contributed by atoms with Crippen LogP contribution in [0.3, 0.4) is 0 Å². The van der Waals surface area contributed by atoms with Gasteiger partial charge in [-0.15, -0.1) is 5.10 Å². The molecule has 0 aliphatic carbocycles. The second-order valence-corrected chi connectivity index (χ2v) is 8.62. The minimum atomic E-state index is -1.24. The number of rotatable bonds is 6. The van der Waals surface area contributed by atoms with Crippen molar-refractivity contribution < 1.29 is 14.3 Å². The van der Waals surface area contributed by atoms with Crippen LogP contribution in [-0.4, -0.2) is 20.3 Å². The van der Waals surface area contributed by atoms with Gasteiger partial charge >= 0.3 is 6.01 Å². The first-order valence-electron chi connectivity index (χ1n) is 10.3. The van der Waals surface area contributed by atoms with Crippen LogP contribution < -0.4 is 10.5 Å². The number of ether oxygens (including phenoxy) is 1. The van der Waals surface area contributed by atoms with Crippen molar-refractivity contribution in [2.24, 2.45) is 5.41 Å². The molecule has 0 fully saturated rings. The maximum absolute atomic E-state index is 11.9. The van der Waals surface area contributed by atoms with Gasteiger partial charge in [0, 0.05) is 11.8 Å². The summed E-state index contributed by atoms with van der Waals surface area (Å²) in [5.74, 6) is 1.04.